The summed E-state index contributed by atoms with van der Waals surface area (Å²) in [5.74, 6) is -2.46. The molecule has 0 aliphatic carbocycles. The van der Waals surface area contributed by atoms with Crippen LogP contribution in [0.15, 0.2) is 48.5 Å². The summed E-state index contributed by atoms with van der Waals surface area (Å²) < 4.78 is 40.0. The first-order valence-corrected chi connectivity index (χ1v) is 7.71. The molecule has 28 heavy (non-hydrogen) atoms. The lowest BCUT2D eigenvalue weighted by Gasteiger charge is -2.15. The smallest absolute Gasteiger partial charge is 0.418 e. The molecule has 7 nitrogen and oxygen atoms in total. The SMILES string of the molecule is N=C(N)Nc1cccc(C(=O)Nc2ccc(/C=C/C(=O)O)cc2C(F)(F)F)c1. The Bertz CT molecular complexity index is 955. The van der Waals surface area contributed by atoms with E-state index in [4.69, 9.17) is 16.2 Å². The molecule has 2 rings (SSSR count). The lowest BCUT2D eigenvalue weighted by molar-refractivity contribution is -0.137. The molecule has 0 heterocycles. The molecule has 0 fully saturated rings. The van der Waals surface area contributed by atoms with Crippen molar-refractivity contribution in [3.8, 4) is 0 Å². The van der Waals surface area contributed by atoms with Crippen molar-refractivity contribution in [1.82, 2.24) is 0 Å². The molecule has 0 bridgehead atoms. The monoisotopic (exact) mass is 392 g/mol. The number of aliphatic carboxylic acids is 1. The summed E-state index contributed by atoms with van der Waals surface area (Å²) in [5, 5.41) is 20.4. The number of carbonyl (C=O) groups excluding carboxylic acids is 1. The van der Waals surface area contributed by atoms with E-state index in [0.717, 1.165) is 18.2 Å². The molecule has 6 N–H and O–H groups in total. The van der Waals surface area contributed by atoms with Crippen molar-refractivity contribution in [3.63, 3.8) is 0 Å². The minimum atomic E-state index is -4.77. The third kappa shape index (κ3) is 5.59. The van der Waals surface area contributed by atoms with Gasteiger partial charge in [-0.2, -0.15) is 13.2 Å². The molecule has 0 atom stereocenters. The molecule has 2 aromatic carbocycles. The molecule has 0 aliphatic heterocycles. The molecule has 0 aliphatic rings. The Morgan fingerprint density at radius 2 is 1.82 bits per heavy atom. The van der Waals surface area contributed by atoms with E-state index in [-0.39, 0.29) is 17.1 Å². The van der Waals surface area contributed by atoms with Crippen LogP contribution < -0.4 is 16.4 Å². The zero-order valence-corrected chi connectivity index (χ0v) is 14.2. The highest BCUT2D eigenvalue weighted by atomic mass is 19.4. The number of carboxylic acids is 1. The molecule has 1 amide bonds. The first-order chi connectivity index (χ1) is 13.1. The molecular weight excluding hydrogens is 377 g/mol. The van der Waals surface area contributed by atoms with E-state index < -0.39 is 29.3 Å². The first-order valence-electron chi connectivity index (χ1n) is 7.71. The molecule has 2 aromatic rings. The highest BCUT2D eigenvalue weighted by molar-refractivity contribution is 6.05. The summed E-state index contributed by atoms with van der Waals surface area (Å²) in [6.45, 7) is 0. The second kappa shape index (κ2) is 8.25. The Morgan fingerprint density at radius 1 is 1.11 bits per heavy atom. The fraction of sp³-hybridized carbons (Fsp3) is 0.0556. The topological polar surface area (TPSA) is 128 Å². The quantitative estimate of drug-likeness (QED) is 0.303. The van der Waals surface area contributed by atoms with Gasteiger partial charge in [0.25, 0.3) is 5.91 Å². The molecule has 0 aromatic heterocycles. The maximum atomic E-state index is 13.3. The number of alkyl halides is 3. The standard InChI is InChI=1S/C18H15F3N4O3/c19-18(20,21)13-8-10(5-7-15(26)27)4-6-14(13)25-16(28)11-2-1-3-12(9-11)24-17(22)23/h1-9H,(H,25,28)(H,26,27)(H4,22,23,24)/b7-5+. The number of guanidine groups is 1. The van der Waals surface area contributed by atoms with Gasteiger partial charge in [0, 0.05) is 17.3 Å². The maximum absolute atomic E-state index is 13.3. The second-order valence-corrected chi connectivity index (χ2v) is 5.55. The fourth-order valence-electron chi connectivity index (χ4n) is 2.26. The summed E-state index contributed by atoms with van der Waals surface area (Å²) in [4.78, 5) is 22.9. The summed E-state index contributed by atoms with van der Waals surface area (Å²) in [7, 11) is 0. The predicted molar refractivity (Wildman–Crippen MR) is 98.0 cm³/mol. The maximum Gasteiger partial charge on any atom is 0.418 e. The van der Waals surface area contributed by atoms with E-state index in [1.54, 1.807) is 0 Å². The zero-order valence-electron chi connectivity index (χ0n) is 14.2. The lowest BCUT2D eigenvalue weighted by atomic mass is 10.1. The fourth-order valence-corrected chi connectivity index (χ4v) is 2.26. The first kappa shape index (κ1) is 20.5. The third-order valence-electron chi connectivity index (χ3n) is 3.42. The summed E-state index contributed by atoms with van der Waals surface area (Å²) in [6.07, 6.45) is -3.05. The Balaban J connectivity index is 2.33. The third-order valence-corrected chi connectivity index (χ3v) is 3.42. The van der Waals surface area contributed by atoms with Crippen LogP contribution >= 0.6 is 0 Å². The van der Waals surface area contributed by atoms with Crippen molar-refractivity contribution in [3.05, 3.63) is 65.2 Å². The number of carboxylic acid groups (broad SMARTS) is 1. The summed E-state index contributed by atoms with van der Waals surface area (Å²) in [5.41, 5.74) is 4.00. The van der Waals surface area contributed by atoms with Gasteiger partial charge in [-0.3, -0.25) is 10.2 Å². The molecular formula is C18H15F3N4O3. The number of anilines is 2. The van der Waals surface area contributed by atoms with Crippen LogP contribution in [0.25, 0.3) is 6.08 Å². The minimum absolute atomic E-state index is 0.0142. The van der Waals surface area contributed by atoms with Crippen molar-refractivity contribution in [2.75, 3.05) is 10.6 Å². The second-order valence-electron chi connectivity index (χ2n) is 5.55. The van der Waals surface area contributed by atoms with Crippen LogP contribution in [-0.2, 0) is 11.0 Å². The largest absolute Gasteiger partial charge is 0.478 e. The van der Waals surface area contributed by atoms with Gasteiger partial charge in [0.1, 0.15) is 0 Å². The van der Waals surface area contributed by atoms with E-state index in [0.29, 0.717) is 11.8 Å². The van der Waals surface area contributed by atoms with Gasteiger partial charge in [0.05, 0.1) is 11.3 Å². The number of nitrogens with one attached hydrogen (secondary N) is 3. The number of carbonyl (C=O) groups is 2. The summed E-state index contributed by atoms with van der Waals surface area (Å²) >= 11 is 0. The molecule has 0 saturated carbocycles. The number of halogens is 3. The van der Waals surface area contributed by atoms with Crippen LogP contribution in [0.2, 0.25) is 0 Å². The Morgan fingerprint density at radius 3 is 2.43 bits per heavy atom. The predicted octanol–water partition coefficient (Wildman–Crippen LogP) is 3.36. The molecule has 146 valence electrons. The number of hydrogen-bond donors (Lipinski definition) is 5. The van der Waals surface area contributed by atoms with Crippen LogP contribution in [0.4, 0.5) is 24.5 Å². The lowest BCUT2D eigenvalue weighted by Crippen LogP contribution is -2.21. The highest BCUT2D eigenvalue weighted by Crippen LogP contribution is 2.36. The van der Waals surface area contributed by atoms with Crippen molar-refractivity contribution < 1.29 is 27.9 Å². The van der Waals surface area contributed by atoms with Crippen molar-refractivity contribution in [1.29, 1.82) is 5.41 Å². The molecule has 0 spiro atoms. The van der Waals surface area contributed by atoms with Gasteiger partial charge in [-0.05, 0) is 42.0 Å². The van der Waals surface area contributed by atoms with Gasteiger partial charge in [-0.15, -0.1) is 0 Å². The van der Waals surface area contributed by atoms with E-state index in [9.17, 15) is 22.8 Å². The van der Waals surface area contributed by atoms with E-state index in [1.807, 2.05) is 0 Å². The normalized spacial score (nSPS) is 11.2. The Labute approximate surface area is 157 Å². The summed E-state index contributed by atoms with van der Waals surface area (Å²) in [6, 6.07) is 8.75. The molecule has 0 unspecified atom stereocenters. The van der Waals surface area contributed by atoms with Crippen LogP contribution in [0.3, 0.4) is 0 Å². The molecule has 0 saturated heterocycles. The Kier molecular flexibility index (Phi) is 6.04. The van der Waals surface area contributed by atoms with Crippen LogP contribution in [0.5, 0.6) is 0 Å². The number of nitrogens with two attached hydrogens (primary N) is 1. The van der Waals surface area contributed by atoms with Crippen molar-refractivity contribution in [2.45, 2.75) is 6.18 Å². The average Bonchev–Trinajstić information content (AvgIpc) is 2.59. The number of rotatable bonds is 5. The van der Waals surface area contributed by atoms with Crippen molar-refractivity contribution in [2.24, 2.45) is 5.73 Å². The van der Waals surface area contributed by atoms with Gasteiger partial charge >= 0.3 is 12.1 Å². The van der Waals surface area contributed by atoms with Crippen LogP contribution in [-0.4, -0.2) is 22.9 Å². The van der Waals surface area contributed by atoms with E-state index in [1.165, 1.54) is 30.3 Å². The number of hydrogen-bond acceptors (Lipinski definition) is 3. The number of amides is 1. The van der Waals surface area contributed by atoms with Crippen LogP contribution in [0.1, 0.15) is 21.5 Å². The Hall–Kier alpha value is -3.82. The van der Waals surface area contributed by atoms with Crippen LogP contribution in [0, 0.1) is 5.41 Å². The molecule has 10 heteroatoms. The zero-order chi connectivity index (χ0) is 20.9. The van der Waals surface area contributed by atoms with Gasteiger partial charge < -0.3 is 21.5 Å². The van der Waals surface area contributed by atoms with Crippen molar-refractivity contribution >= 4 is 35.3 Å². The van der Waals surface area contributed by atoms with Gasteiger partial charge in [0.2, 0.25) is 0 Å². The number of benzene rings is 2. The average molecular weight is 392 g/mol. The van der Waals surface area contributed by atoms with E-state index >= 15 is 0 Å². The van der Waals surface area contributed by atoms with Gasteiger partial charge in [-0.1, -0.05) is 12.1 Å². The highest BCUT2D eigenvalue weighted by Gasteiger charge is 2.34. The van der Waals surface area contributed by atoms with Gasteiger partial charge in [-0.25, -0.2) is 4.79 Å². The molecule has 0 radical (unpaired) electrons. The van der Waals surface area contributed by atoms with Gasteiger partial charge in [0.15, 0.2) is 5.96 Å². The van der Waals surface area contributed by atoms with E-state index in [2.05, 4.69) is 10.6 Å². The minimum Gasteiger partial charge on any atom is -0.478 e.